The Morgan fingerprint density at radius 3 is 2.73 bits per heavy atom. The van der Waals surface area contributed by atoms with Gasteiger partial charge in [-0.25, -0.2) is 8.78 Å². The van der Waals surface area contributed by atoms with E-state index in [2.05, 4.69) is 10.1 Å². The number of hydrogen-bond acceptors (Lipinski definition) is 3. The summed E-state index contributed by atoms with van der Waals surface area (Å²) in [6.45, 7) is 0.384. The molecule has 0 atom stereocenters. The van der Waals surface area contributed by atoms with Gasteiger partial charge >= 0.3 is 0 Å². The molecule has 0 aliphatic heterocycles. The van der Waals surface area contributed by atoms with E-state index in [1.807, 2.05) is 0 Å². The van der Waals surface area contributed by atoms with Crippen LogP contribution in [0.4, 0.5) is 8.78 Å². The van der Waals surface area contributed by atoms with Crippen LogP contribution in [-0.2, 0) is 9.53 Å². The molecule has 1 amide bonds. The molecule has 0 radical (unpaired) electrons. The third-order valence-corrected chi connectivity index (χ3v) is 1.67. The lowest BCUT2D eigenvalue weighted by Gasteiger charge is -2.05. The Labute approximate surface area is 88.2 Å². The average Bonchev–Trinajstić information content (AvgIpc) is 2.17. The van der Waals surface area contributed by atoms with Gasteiger partial charge in [-0.3, -0.25) is 4.79 Å². The first-order valence-electron chi connectivity index (χ1n) is 4.99. The predicted molar refractivity (Wildman–Crippen MR) is 52.7 cm³/mol. The molecule has 0 unspecified atom stereocenters. The molecule has 0 aromatic rings. The van der Waals surface area contributed by atoms with E-state index < -0.39 is 13.0 Å². The van der Waals surface area contributed by atoms with E-state index in [9.17, 15) is 13.6 Å². The van der Waals surface area contributed by atoms with E-state index in [0.29, 0.717) is 13.0 Å². The predicted octanol–water partition coefficient (Wildman–Crippen LogP) is 0.513. The summed E-state index contributed by atoms with van der Waals surface area (Å²) in [6.07, 6.45) is -0.466. The lowest BCUT2D eigenvalue weighted by Crippen LogP contribution is -2.27. The fourth-order valence-corrected chi connectivity index (χ4v) is 0.953. The molecule has 0 bridgehead atoms. The van der Waals surface area contributed by atoms with E-state index in [-0.39, 0.29) is 19.1 Å². The summed E-state index contributed by atoms with van der Waals surface area (Å²) in [5, 5.41) is 2.57. The lowest BCUT2D eigenvalue weighted by molar-refractivity contribution is -0.121. The molecule has 0 heterocycles. The monoisotopic (exact) mass is 224 g/mol. The SMILES string of the molecule is NCCCCC(=O)NCCOCC(F)F. The first-order chi connectivity index (χ1) is 7.16. The van der Waals surface area contributed by atoms with Crippen molar-refractivity contribution >= 4 is 5.91 Å². The molecule has 0 fully saturated rings. The van der Waals surface area contributed by atoms with Crippen LogP contribution in [0.1, 0.15) is 19.3 Å². The van der Waals surface area contributed by atoms with Gasteiger partial charge in [0.15, 0.2) is 0 Å². The minimum atomic E-state index is -2.45. The maximum absolute atomic E-state index is 11.6. The standard InChI is InChI=1S/C9H18F2N2O2/c10-8(11)7-15-6-5-13-9(14)3-1-2-4-12/h8H,1-7,12H2,(H,13,14). The third-order valence-electron chi connectivity index (χ3n) is 1.67. The van der Waals surface area contributed by atoms with Crippen molar-refractivity contribution in [3.8, 4) is 0 Å². The molecule has 0 saturated heterocycles. The molecular weight excluding hydrogens is 206 g/mol. The largest absolute Gasteiger partial charge is 0.374 e. The molecule has 0 aromatic carbocycles. The number of carbonyl (C=O) groups is 1. The minimum Gasteiger partial charge on any atom is -0.374 e. The van der Waals surface area contributed by atoms with Gasteiger partial charge in [0.05, 0.1) is 6.61 Å². The Morgan fingerprint density at radius 2 is 2.13 bits per heavy atom. The minimum absolute atomic E-state index is 0.0934. The van der Waals surface area contributed by atoms with Crippen molar-refractivity contribution in [2.45, 2.75) is 25.7 Å². The summed E-state index contributed by atoms with van der Waals surface area (Å²) in [6, 6.07) is 0. The number of halogens is 2. The van der Waals surface area contributed by atoms with E-state index in [4.69, 9.17) is 5.73 Å². The van der Waals surface area contributed by atoms with Gasteiger partial charge in [0, 0.05) is 13.0 Å². The summed E-state index contributed by atoms with van der Waals surface area (Å²) in [7, 11) is 0. The van der Waals surface area contributed by atoms with Gasteiger partial charge in [-0.1, -0.05) is 0 Å². The first kappa shape index (κ1) is 14.2. The van der Waals surface area contributed by atoms with Crippen molar-refractivity contribution in [1.82, 2.24) is 5.32 Å². The van der Waals surface area contributed by atoms with E-state index in [1.165, 1.54) is 0 Å². The molecule has 6 heteroatoms. The highest BCUT2D eigenvalue weighted by Gasteiger charge is 2.02. The maximum Gasteiger partial charge on any atom is 0.261 e. The van der Waals surface area contributed by atoms with E-state index in [0.717, 1.165) is 12.8 Å². The summed E-state index contributed by atoms with van der Waals surface area (Å²) in [5.74, 6) is -0.0934. The van der Waals surface area contributed by atoms with Crippen molar-refractivity contribution in [3.05, 3.63) is 0 Å². The van der Waals surface area contributed by atoms with Crippen LogP contribution >= 0.6 is 0 Å². The topological polar surface area (TPSA) is 64.4 Å². The Bertz CT molecular complexity index is 168. The van der Waals surface area contributed by atoms with Crippen LogP contribution in [0.5, 0.6) is 0 Å². The van der Waals surface area contributed by atoms with E-state index in [1.54, 1.807) is 0 Å². The molecule has 90 valence electrons. The number of hydrogen-bond donors (Lipinski definition) is 2. The Morgan fingerprint density at radius 1 is 1.40 bits per heavy atom. The number of amides is 1. The van der Waals surface area contributed by atoms with E-state index >= 15 is 0 Å². The van der Waals surface area contributed by atoms with Crippen molar-refractivity contribution < 1.29 is 18.3 Å². The zero-order chi connectivity index (χ0) is 11.5. The third kappa shape index (κ3) is 11.2. The molecule has 15 heavy (non-hydrogen) atoms. The Balaban J connectivity index is 3.17. The van der Waals surface area contributed by atoms with Crippen LogP contribution in [-0.4, -0.2) is 38.6 Å². The Hall–Kier alpha value is -0.750. The van der Waals surface area contributed by atoms with Gasteiger partial charge in [0.25, 0.3) is 6.43 Å². The highest BCUT2D eigenvalue weighted by Crippen LogP contribution is 1.93. The molecule has 0 aliphatic rings. The lowest BCUT2D eigenvalue weighted by atomic mass is 10.2. The fraction of sp³-hybridized carbons (Fsp3) is 0.889. The molecule has 0 aliphatic carbocycles. The summed E-state index contributed by atoms with van der Waals surface area (Å²) >= 11 is 0. The van der Waals surface area contributed by atoms with Gasteiger partial charge in [-0.2, -0.15) is 0 Å². The van der Waals surface area contributed by atoms with Gasteiger partial charge in [0.1, 0.15) is 6.61 Å². The number of ether oxygens (including phenoxy) is 1. The van der Waals surface area contributed by atoms with Crippen molar-refractivity contribution in [3.63, 3.8) is 0 Å². The molecule has 4 nitrogen and oxygen atoms in total. The van der Waals surface area contributed by atoms with Crippen LogP contribution in [0.3, 0.4) is 0 Å². The molecule has 0 aromatic heterocycles. The number of rotatable bonds is 9. The number of alkyl halides is 2. The number of carbonyl (C=O) groups excluding carboxylic acids is 1. The zero-order valence-electron chi connectivity index (χ0n) is 8.68. The van der Waals surface area contributed by atoms with Crippen LogP contribution < -0.4 is 11.1 Å². The van der Waals surface area contributed by atoms with Crippen molar-refractivity contribution in [2.24, 2.45) is 5.73 Å². The van der Waals surface area contributed by atoms with Crippen LogP contribution in [0.15, 0.2) is 0 Å². The zero-order valence-corrected chi connectivity index (χ0v) is 8.68. The summed E-state index contributed by atoms with van der Waals surface area (Å²) < 4.78 is 27.8. The Kier molecular flexibility index (Phi) is 9.30. The van der Waals surface area contributed by atoms with Crippen LogP contribution in [0.2, 0.25) is 0 Å². The molecule has 0 saturated carbocycles. The molecule has 3 N–H and O–H groups in total. The van der Waals surface area contributed by atoms with Gasteiger partial charge in [-0.05, 0) is 19.4 Å². The van der Waals surface area contributed by atoms with Gasteiger partial charge in [-0.15, -0.1) is 0 Å². The van der Waals surface area contributed by atoms with Crippen molar-refractivity contribution in [1.29, 1.82) is 0 Å². The fourth-order valence-electron chi connectivity index (χ4n) is 0.953. The van der Waals surface area contributed by atoms with Gasteiger partial charge in [0.2, 0.25) is 5.91 Å². The smallest absolute Gasteiger partial charge is 0.261 e. The molecule has 0 rings (SSSR count). The van der Waals surface area contributed by atoms with Crippen molar-refractivity contribution in [2.75, 3.05) is 26.3 Å². The average molecular weight is 224 g/mol. The number of nitrogens with two attached hydrogens (primary N) is 1. The second kappa shape index (κ2) is 9.79. The van der Waals surface area contributed by atoms with Gasteiger partial charge < -0.3 is 15.8 Å². The van der Waals surface area contributed by atoms with Crippen LogP contribution in [0, 0.1) is 0 Å². The van der Waals surface area contributed by atoms with Crippen LogP contribution in [0.25, 0.3) is 0 Å². The summed E-state index contributed by atoms with van der Waals surface area (Å²) in [5.41, 5.74) is 5.26. The quantitative estimate of drug-likeness (QED) is 0.561. The maximum atomic E-state index is 11.6. The number of nitrogens with one attached hydrogen (secondary N) is 1. The second-order valence-electron chi connectivity index (χ2n) is 3.06. The molecular formula is C9H18F2N2O2. The second-order valence-corrected chi connectivity index (χ2v) is 3.06. The highest BCUT2D eigenvalue weighted by atomic mass is 19.3. The first-order valence-corrected chi connectivity index (χ1v) is 4.99. The highest BCUT2D eigenvalue weighted by molar-refractivity contribution is 5.75. The number of unbranched alkanes of at least 4 members (excludes halogenated alkanes) is 1. The normalized spacial score (nSPS) is 10.7. The molecule has 0 spiro atoms. The summed E-state index contributed by atoms with van der Waals surface area (Å²) in [4.78, 5) is 11.1.